The molecule has 1 heterocycles. The highest BCUT2D eigenvalue weighted by molar-refractivity contribution is 7.19. The summed E-state index contributed by atoms with van der Waals surface area (Å²) in [5.74, 6) is -0.146. The highest BCUT2D eigenvalue weighted by atomic mass is 32.1. The Labute approximate surface area is 99.3 Å². The first-order valence-electron chi connectivity index (χ1n) is 5.60. The van der Waals surface area contributed by atoms with Crippen LogP contribution in [0.4, 0.5) is 4.39 Å². The van der Waals surface area contributed by atoms with Crippen LogP contribution in [0.5, 0.6) is 0 Å². The molecule has 0 bridgehead atoms. The maximum atomic E-state index is 13.1. The van der Waals surface area contributed by atoms with E-state index in [9.17, 15) is 4.39 Å². The number of hydrogen-bond donors (Lipinski definition) is 1. The van der Waals surface area contributed by atoms with Crippen molar-refractivity contribution in [1.29, 1.82) is 0 Å². The number of fused-ring (bicyclic) bond motifs is 1. The van der Waals surface area contributed by atoms with Gasteiger partial charge in [0.25, 0.3) is 0 Å². The molecule has 0 unspecified atom stereocenters. The summed E-state index contributed by atoms with van der Waals surface area (Å²) in [4.78, 5) is 1.34. The molecule has 16 heavy (non-hydrogen) atoms. The Morgan fingerprint density at radius 3 is 2.88 bits per heavy atom. The van der Waals surface area contributed by atoms with Crippen molar-refractivity contribution in [3.8, 4) is 0 Å². The quantitative estimate of drug-likeness (QED) is 0.854. The molecule has 2 rings (SSSR count). The Kier molecular flexibility index (Phi) is 3.56. The lowest BCUT2D eigenvalue weighted by Gasteiger charge is -2.02. The lowest BCUT2D eigenvalue weighted by atomic mass is 10.1. The van der Waals surface area contributed by atoms with Gasteiger partial charge in [0.2, 0.25) is 0 Å². The summed E-state index contributed by atoms with van der Waals surface area (Å²) in [6.45, 7) is 3.05. The minimum atomic E-state index is -0.146. The van der Waals surface area contributed by atoms with E-state index in [1.165, 1.54) is 15.8 Å². The van der Waals surface area contributed by atoms with E-state index < -0.39 is 0 Å². The van der Waals surface area contributed by atoms with Crippen LogP contribution in [-0.4, -0.2) is 7.05 Å². The molecular formula is C13H16FNS. The third kappa shape index (κ3) is 2.11. The van der Waals surface area contributed by atoms with Gasteiger partial charge < -0.3 is 5.32 Å². The van der Waals surface area contributed by atoms with Crippen LogP contribution in [-0.2, 0) is 13.0 Å². The summed E-state index contributed by atoms with van der Waals surface area (Å²) in [5, 5.41) is 4.40. The van der Waals surface area contributed by atoms with Gasteiger partial charge >= 0.3 is 0 Å². The molecule has 0 aliphatic rings. The molecule has 0 aliphatic carbocycles. The van der Waals surface area contributed by atoms with Crippen LogP contribution in [0.3, 0.4) is 0 Å². The van der Waals surface area contributed by atoms with Gasteiger partial charge in [0.05, 0.1) is 0 Å². The zero-order valence-corrected chi connectivity index (χ0v) is 10.5. The van der Waals surface area contributed by atoms with Crippen molar-refractivity contribution in [2.24, 2.45) is 0 Å². The molecule has 0 radical (unpaired) electrons. The lowest BCUT2D eigenvalue weighted by Crippen LogP contribution is -2.05. The summed E-state index contributed by atoms with van der Waals surface area (Å²) in [5.41, 5.74) is 1.39. The predicted octanol–water partition coefficient (Wildman–Crippen LogP) is 3.71. The Morgan fingerprint density at radius 2 is 2.19 bits per heavy atom. The Hall–Kier alpha value is -0.930. The number of thiophene rings is 1. The third-order valence-corrected chi connectivity index (χ3v) is 3.87. The van der Waals surface area contributed by atoms with E-state index in [1.807, 2.05) is 13.1 Å². The lowest BCUT2D eigenvalue weighted by molar-refractivity contribution is 0.630. The summed E-state index contributed by atoms with van der Waals surface area (Å²) in [6, 6.07) is 5.10. The minimum Gasteiger partial charge on any atom is -0.315 e. The fourth-order valence-electron chi connectivity index (χ4n) is 2.00. The molecule has 86 valence electrons. The molecule has 1 nitrogen and oxygen atoms in total. The third-order valence-electron chi connectivity index (χ3n) is 2.68. The van der Waals surface area contributed by atoms with Crippen LogP contribution in [0.25, 0.3) is 10.1 Å². The first-order chi connectivity index (χ1) is 7.76. The SMILES string of the molecule is CCCc1c(CNC)sc2cc(F)ccc12. The molecule has 0 atom stereocenters. The number of benzene rings is 1. The van der Waals surface area contributed by atoms with Crippen LogP contribution in [0, 0.1) is 5.82 Å². The number of nitrogens with one attached hydrogen (secondary N) is 1. The molecule has 0 aliphatic heterocycles. The molecule has 0 saturated heterocycles. The molecule has 0 saturated carbocycles. The van der Waals surface area contributed by atoms with E-state index in [-0.39, 0.29) is 5.82 Å². The van der Waals surface area contributed by atoms with Gasteiger partial charge in [-0.1, -0.05) is 19.4 Å². The van der Waals surface area contributed by atoms with Crippen LogP contribution in [0.2, 0.25) is 0 Å². The maximum Gasteiger partial charge on any atom is 0.124 e. The monoisotopic (exact) mass is 237 g/mol. The summed E-state index contributed by atoms with van der Waals surface area (Å²) in [7, 11) is 1.95. The molecule has 1 aromatic heterocycles. The van der Waals surface area contributed by atoms with Crippen molar-refractivity contribution < 1.29 is 4.39 Å². The Bertz CT molecular complexity index is 490. The average Bonchev–Trinajstić information content (AvgIpc) is 2.57. The largest absolute Gasteiger partial charge is 0.315 e. The summed E-state index contributed by atoms with van der Waals surface area (Å²) < 4.78 is 14.2. The van der Waals surface area contributed by atoms with Gasteiger partial charge in [-0.2, -0.15) is 0 Å². The summed E-state index contributed by atoms with van der Waals surface area (Å²) >= 11 is 1.70. The topological polar surface area (TPSA) is 12.0 Å². The highest BCUT2D eigenvalue weighted by Gasteiger charge is 2.11. The minimum absolute atomic E-state index is 0.146. The number of halogens is 1. The fourth-order valence-corrected chi connectivity index (χ4v) is 3.29. The fraction of sp³-hybridized carbons (Fsp3) is 0.385. The van der Waals surface area contributed by atoms with Crippen LogP contribution in [0.15, 0.2) is 18.2 Å². The van der Waals surface area contributed by atoms with Crippen molar-refractivity contribution in [3.05, 3.63) is 34.5 Å². The van der Waals surface area contributed by atoms with E-state index in [0.717, 1.165) is 24.1 Å². The second-order valence-corrected chi connectivity index (χ2v) is 5.06. The van der Waals surface area contributed by atoms with Gasteiger partial charge in [-0.3, -0.25) is 0 Å². The normalized spacial score (nSPS) is 11.2. The zero-order valence-electron chi connectivity index (χ0n) is 9.64. The van der Waals surface area contributed by atoms with E-state index >= 15 is 0 Å². The first kappa shape index (κ1) is 11.6. The van der Waals surface area contributed by atoms with Gasteiger partial charge in [0, 0.05) is 16.1 Å². The molecular weight excluding hydrogens is 221 g/mol. The van der Waals surface area contributed by atoms with Crippen LogP contribution < -0.4 is 5.32 Å². The summed E-state index contributed by atoms with van der Waals surface area (Å²) in [6.07, 6.45) is 2.20. The van der Waals surface area contributed by atoms with Crippen LogP contribution >= 0.6 is 11.3 Å². The predicted molar refractivity (Wildman–Crippen MR) is 68.5 cm³/mol. The molecule has 0 amide bonds. The van der Waals surface area contributed by atoms with E-state index in [4.69, 9.17) is 0 Å². The van der Waals surface area contributed by atoms with Crippen LogP contribution in [0.1, 0.15) is 23.8 Å². The first-order valence-corrected chi connectivity index (χ1v) is 6.42. The Morgan fingerprint density at radius 1 is 1.38 bits per heavy atom. The molecule has 3 heteroatoms. The van der Waals surface area contributed by atoms with Crippen molar-refractivity contribution in [2.75, 3.05) is 7.05 Å². The smallest absolute Gasteiger partial charge is 0.124 e. The zero-order chi connectivity index (χ0) is 11.5. The molecule has 2 aromatic rings. The molecule has 0 spiro atoms. The van der Waals surface area contributed by atoms with Crippen molar-refractivity contribution in [3.63, 3.8) is 0 Å². The Balaban J connectivity index is 2.56. The molecule has 1 aromatic carbocycles. The molecule has 0 fully saturated rings. The number of aryl methyl sites for hydroxylation is 1. The van der Waals surface area contributed by atoms with E-state index in [2.05, 4.69) is 12.2 Å². The van der Waals surface area contributed by atoms with Gasteiger partial charge in [-0.05, 0) is 36.6 Å². The van der Waals surface area contributed by atoms with Gasteiger partial charge in [-0.15, -0.1) is 11.3 Å². The second kappa shape index (κ2) is 4.93. The standard InChI is InChI=1S/C13H16FNS/c1-3-4-10-11-6-5-9(14)7-12(11)16-13(10)8-15-2/h5-7,15H,3-4,8H2,1-2H3. The highest BCUT2D eigenvalue weighted by Crippen LogP contribution is 2.32. The number of hydrogen-bond acceptors (Lipinski definition) is 2. The van der Waals surface area contributed by atoms with Gasteiger partial charge in [0.1, 0.15) is 5.82 Å². The van der Waals surface area contributed by atoms with Crippen molar-refractivity contribution >= 4 is 21.4 Å². The number of rotatable bonds is 4. The van der Waals surface area contributed by atoms with Crippen molar-refractivity contribution in [1.82, 2.24) is 5.32 Å². The van der Waals surface area contributed by atoms with E-state index in [0.29, 0.717) is 0 Å². The van der Waals surface area contributed by atoms with Gasteiger partial charge in [-0.25, -0.2) is 4.39 Å². The molecule has 1 N–H and O–H groups in total. The maximum absolute atomic E-state index is 13.1. The second-order valence-electron chi connectivity index (χ2n) is 3.92. The van der Waals surface area contributed by atoms with Gasteiger partial charge in [0.15, 0.2) is 0 Å². The van der Waals surface area contributed by atoms with E-state index in [1.54, 1.807) is 23.5 Å². The van der Waals surface area contributed by atoms with Crippen molar-refractivity contribution in [2.45, 2.75) is 26.3 Å². The average molecular weight is 237 g/mol.